The van der Waals surface area contributed by atoms with Crippen LogP contribution in [-0.2, 0) is 6.18 Å². The Bertz CT molecular complexity index is 670. The van der Waals surface area contributed by atoms with Crippen LogP contribution in [0, 0.1) is 4.77 Å². The molecule has 0 unspecified atom stereocenters. The smallest absolute Gasteiger partial charge is 0.416 e. The van der Waals surface area contributed by atoms with E-state index in [1.54, 1.807) is 6.07 Å². The summed E-state index contributed by atoms with van der Waals surface area (Å²) in [5.41, 5.74) is -0.700. The van der Waals surface area contributed by atoms with E-state index < -0.39 is 11.7 Å². The molecule has 0 aliphatic carbocycles. The zero-order valence-electron chi connectivity index (χ0n) is 10.2. The van der Waals surface area contributed by atoms with Gasteiger partial charge in [0.2, 0.25) is 0 Å². The van der Waals surface area contributed by atoms with Crippen molar-refractivity contribution in [3.05, 3.63) is 40.8 Å². The minimum absolute atomic E-state index is 0.236. The highest BCUT2D eigenvalue weighted by molar-refractivity contribution is 7.99. The quantitative estimate of drug-likeness (QED) is 0.676. The standard InChI is InChI=1S/C12H9F3N2OS2/c1-18-9-6-16-11(19)17-10(9)20-8-4-2-3-7(5-8)12(13,14)15/h2-6H,1H3,(H,16,17,19). The summed E-state index contributed by atoms with van der Waals surface area (Å²) in [6.45, 7) is 0. The largest absolute Gasteiger partial charge is 0.492 e. The molecule has 20 heavy (non-hydrogen) atoms. The van der Waals surface area contributed by atoms with Crippen LogP contribution in [-0.4, -0.2) is 17.1 Å². The van der Waals surface area contributed by atoms with Gasteiger partial charge in [0.1, 0.15) is 5.03 Å². The molecular formula is C12H9F3N2OS2. The maximum atomic E-state index is 12.6. The predicted octanol–water partition coefficient (Wildman–Crippen LogP) is 4.32. The second kappa shape index (κ2) is 5.84. The van der Waals surface area contributed by atoms with Crippen LogP contribution in [0.3, 0.4) is 0 Å². The highest BCUT2D eigenvalue weighted by Gasteiger charge is 2.30. The van der Waals surface area contributed by atoms with Crippen molar-refractivity contribution in [1.82, 2.24) is 9.97 Å². The monoisotopic (exact) mass is 318 g/mol. The number of nitrogens with zero attached hydrogens (tertiary/aromatic N) is 1. The fraction of sp³-hybridized carbons (Fsp3) is 0.167. The summed E-state index contributed by atoms with van der Waals surface area (Å²) >= 11 is 5.99. The number of ether oxygens (including phenoxy) is 1. The van der Waals surface area contributed by atoms with E-state index in [0.29, 0.717) is 15.7 Å². The summed E-state index contributed by atoms with van der Waals surface area (Å²) in [6, 6.07) is 5.03. The normalized spacial score (nSPS) is 11.4. The third kappa shape index (κ3) is 3.51. The van der Waals surface area contributed by atoms with Gasteiger partial charge in [-0.05, 0) is 30.4 Å². The molecule has 0 amide bonds. The molecule has 1 heterocycles. The van der Waals surface area contributed by atoms with Crippen LogP contribution in [0.25, 0.3) is 0 Å². The van der Waals surface area contributed by atoms with E-state index in [1.165, 1.54) is 19.4 Å². The van der Waals surface area contributed by atoms with Gasteiger partial charge in [-0.25, -0.2) is 4.98 Å². The van der Waals surface area contributed by atoms with Crippen molar-refractivity contribution < 1.29 is 17.9 Å². The molecule has 0 aliphatic rings. The van der Waals surface area contributed by atoms with Crippen LogP contribution < -0.4 is 4.74 Å². The fourth-order valence-corrected chi connectivity index (χ4v) is 2.61. The van der Waals surface area contributed by atoms with Crippen LogP contribution >= 0.6 is 24.0 Å². The number of aromatic amines is 1. The van der Waals surface area contributed by atoms with E-state index in [1.807, 2.05) is 0 Å². The van der Waals surface area contributed by atoms with Crippen LogP contribution in [0.15, 0.2) is 40.4 Å². The van der Waals surface area contributed by atoms with Gasteiger partial charge in [0.05, 0.1) is 18.9 Å². The summed E-state index contributed by atoms with van der Waals surface area (Å²) in [4.78, 5) is 7.07. The summed E-state index contributed by atoms with van der Waals surface area (Å²) in [6.07, 6.45) is -2.94. The lowest BCUT2D eigenvalue weighted by atomic mass is 10.2. The number of H-pyrrole nitrogens is 1. The number of methoxy groups -OCH3 is 1. The zero-order chi connectivity index (χ0) is 14.8. The van der Waals surface area contributed by atoms with Gasteiger partial charge in [-0.1, -0.05) is 17.8 Å². The Morgan fingerprint density at radius 1 is 1.35 bits per heavy atom. The van der Waals surface area contributed by atoms with E-state index in [9.17, 15) is 13.2 Å². The number of nitrogens with one attached hydrogen (secondary N) is 1. The first-order valence-corrected chi connectivity index (χ1v) is 6.61. The first kappa shape index (κ1) is 14.9. The first-order valence-electron chi connectivity index (χ1n) is 5.38. The lowest BCUT2D eigenvalue weighted by molar-refractivity contribution is -0.137. The molecule has 0 radical (unpaired) electrons. The van der Waals surface area contributed by atoms with Crippen molar-refractivity contribution in [3.63, 3.8) is 0 Å². The van der Waals surface area contributed by atoms with Crippen LogP contribution in [0.5, 0.6) is 5.75 Å². The van der Waals surface area contributed by atoms with E-state index in [4.69, 9.17) is 17.0 Å². The van der Waals surface area contributed by atoms with E-state index in [0.717, 1.165) is 23.9 Å². The average molecular weight is 318 g/mol. The third-order valence-corrected chi connectivity index (χ3v) is 3.55. The van der Waals surface area contributed by atoms with Gasteiger partial charge in [-0.2, -0.15) is 13.2 Å². The maximum absolute atomic E-state index is 12.6. The summed E-state index contributed by atoms with van der Waals surface area (Å²) in [7, 11) is 1.45. The van der Waals surface area contributed by atoms with Crippen molar-refractivity contribution >= 4 is 24.0 Å². The predicted molar refractivity (Wildman–Crippen MR) is 71.5 cm³/mol. The van der Waals surface area contributed by atoms with E-state index in [2.05, 4.69) is 9.97 Å². The van der Waals surface area contributed by atoms with Crippen LogP contribution in [0.4, 0.5) is 13.2 Å². The van der Waals surface area contributed by atoms with Crippen LogP contribution in [0.2, 0.25) is 0 Å². The van der Waals surface area contributed by atoms with Crippen molar-refractivity contribution in [3.8, 4) is 5.75 Å². The molecule has 8 heteroatoms. The van der Waals surface area contributed by atoms with Gasteiger partial charge in [0, 0.05) is 4.90 Å². The molecule has 0 spiro atoms. The molecule has 1 N–H and O–H groups in total. The van der Waals surface area contributed by atoms with Crippen LogP contribution in [0.1, 0.15) is 5.56 Å². The SMILES string of the molecule is COc1cnc(=S)[nH]c1Sc1cccc(C(F)(F)F)c1. The minimum atomic E-state index is -4.37. The summed E-state index contributed by atoms with van der Waals surface area (Å²) in [5.74, 6) is 0.418. The van der Waals surface area contributed by atoms with Gasteiger partial charge < -0.3 is 9.72 Å². The Kier molecular flexibility index (Phi) is 4.34. The van der Waals surface area contributed by atoms with Crippen molar-refractivity contribution in [2.24, 2.45) is 0 Å². The fourth-order valence-electron chi connectivity index (χ4n) is 1.44. The highest BCUT2D eigenvalue weighted by Crippen LogP contribution is 2.36. The molecule has 0 saturated heterocycles. The number of alkyl halides is 3. The molecule has 1 aromatic carbocycles. The van der Waals surface area contributed by atoms with E-state index >= 15 is 0 Å². The van der Waals surface area contributed by atoms with Gasteiger partial charge >= 0.3 is 6.18 Å². The highest BCUT2D eigenvalue weighted by atomic mass is 32.2. The Labute approximate surface area is 122 Å². The number of hydrogen-bond acceptors (Lipinski definition) is 4. The second-order valence-electron chi connectivity index (χ2n) is 3.71. The van der Waals surface area contributed by atoms with E-state index in [-0.39, 0.29) is 4.77 Å². The summed E-state index contributed by atoms with van der Waals surface area (Å²) in [5, 5.41) is 0.506. The molecule has 1 aromatic heterocycles. The topological polar surface area (TPSA) is 37.9 Å². The van der Waals surface area contributed by atoms with Gasteiger partial charge in [0.15, 0.2) is 10.5 Å². The lowest BCUT2D eigenvalue weighted by Crippen LogP contribution is -2.04. The number of aromatic nitrogens is 2. The molecule has 0 aliphatic heterocycles. The number of halogens is 3. The van der Waals surface area contributed by atoms with Crippen molar-refractivity contribution in [1.29, 1.82) is 0 Å². The molecule has 0 saturated carbocycles. The number of rotatable bonds is 3. The van der Waals surface area contributed by atoms with Gasteiger partial charge in [-0.3, -0.25) is 0 Å². The average Bonchev–Trinajstić information content (AvgIpc) is 2.38. The second-order valence-corrected chi connectivity index (χ2v) is 5.18. The first-order chi connectivity index (χ1) is 9.40. The Hall–Kier alpha value is -1.54. The Morgan fingerprint density at radius 3 is 2.75 bits per heavy atom. The minimum Gasteiger partial charge on any atom is -0.492 e. The Balaban J connectivity index is 2.35. The molecule has 0 fully saturated rings. The summed E-state index contributed by atoms with van der Waals surface area (Å²) < 4.78 is 43.3. The molecule has 2 aromatic rings. The third-order valence-electron chi connectivity index (χ3n) is 2.34. The Morgan fingerprint density at radius 2 is 2.10 bits per heavy atom. The molecule has 2 rings (SSSR count). The molecule has 0 atom stereocenters. The zero-order valence-corrected chi connectivity index (χ0v) is 11.8. The number of benzene rings is 1. The number of hydrogen-bond donors (Lipinski definition) is 1. The van der Waals surface area contributed by atoms with Crippen molar-refractivity contribution in [2.45, 2.75) is 16.1 Å². The van der Waals surface area contributed by atoms with Crippen molar-refractivity contribution in [2.75, 3.05) is 7.11 Å². The molecule has 106 valence electrons. The lowest BCUT2D eigenvalue weighted by Gasteiger charge is -2.10. The van der Waals surface area contributed by atoms with Gasteiger partial charge in [0.25, 0.3) is 0 Å². The maximum Gasteiger partial charge on any atom is 0.416 e. The molecule has 3 nitrogen and oxygen atoms in total. The molecular weight excluding hydrogens is 309 g/mol. The van der Waals surface area contributed by atoms with Gasteiger partial charge in [-0.15, -0.1) is 0 Å². The molecule has 0 bridgehead atoms.